The van der Waals surface area contributed by atoms with E-state index in [1.54, 1.807) is 6.20 Å². The number of pyridine rings is 2. The van der Waals surface area contributed by atoms with Gasteiger partial charge in [0, 0.05) is 11.9 Å². The minimum atomic E-state index is -0.232. The van der Waals surface area contributed by atoms with Crippen LogP contribution < -0.4 is 5.32 Å². The normalized spacial score (nSPS) is 13.1. The van der Waals surface area contributed by atoms with Crippen molar-refractivity contribution in [1.29, 1.82) is 0 Å². The molecule has 0 fully saturated rings. The Morgan fingerprint density at radius 1 is 1.14 bits per heavy atom. The molecule has 0 aliphatic carbocycles. The maximum atomic E-state index is 13.2. The van der Waals surface area contributed by atoms with Crippen molar-refractivity contribution in [3.8, 4) is 0 Å². The molecule has 0 aromatic carbocycles. The van der Waals surface area contributed by atoms with E-state index in [1.165, 1.54) is 0 Å². The number of amides is 1. The molecule has 3 rings (SSSR count). The molecule has 0 aliphatic heterocycles. The van der Waals surface area contributed by atoms with E-state index in [0.29, 0.717) is 5.56 Å². The number of rotatable bonds is 4. The Hall–Kier alpha value is -2.76. The predicted molar refractivity (Wildman–Crippen MR) is 111 cm³/mol. The Morgan fingerprint density at radius 3 is 2.43 bits per heavy atom. The summed E-state index contributed by atoms with van der Waals surface area (Å²) in [6.45, 7) is 14.3. The molecule has 0 spiro atoms. The standard InChI is InChI=1S/C22H29N5O/c1-13(2)18-12-16(21(28)24-14(3)17-10-8-9-11-23-17)19-15(4)26-27(20(19)25-18)22(5,6)7/h8-14H,1-7H3,(H,24,28)/t14-/m0/s1. The third kappa shape index (κ3) is 3.77. The minimum absolute atomic E-state index is 0.135. The summed E-state index contributed by atoms with van der Waals surface area (Å²) in [6, 6.07) is 7.40. The minimum Gasteiger partial charge on any atom is -0.344 e. The number of aromatic nitrogens is 4. The van der Waals surface area contributed by atoms with Crippen molar-refractivity contribution < 1.29 is 4.79 Å². The topological polar surface area (TPSA) is 72.7 Å². The second-order valence-corrected chi connectivity index (χ2v) is 8.57. The molecule has 0 bridgehead atoms. The Labute approximate surface area is 166 Å². The van der Waals surface area contributed by atoms with Gasteiger partial charge in [-0.3, -0.25) is 9.78 Å². The number of fused-ring (bicyclic) bond motifs is 1. The molecule has 1 atom stereocenters. The lowest BCUT2D eigenvalue weighted by Crippen LogP contribution is -2.28. The molecule has 28 heavy (non-hydrogen) atoms. The first-order chi connectivity index (χ1) is 13.1. The van der Waals surface area contributed by atoms with Crippen LogP contribution in [0.2, 0.25) is 0 Å². The van der Waals surface area contributed by atoms with Crippen LogP contribution in [0.4, 0.5) is 0 Å². The van der Waals surface area contributed by atoms with E-state index in [4.69, 9.17) is 10.1 Å². The summed E-state index contributed by atoms with van der Waals surface area (Å²) in [7, 11) is 0. The Bertz CT molecular complexity index is 999. The number of hydrogen-bond donors (Lipinski definition) is 1. The molecule has 0 saturated heterocycles. The molecule has 1 amide bonds. The number of nitrogens with zero attached hydrogens (tertiary/aromatic N) is 4. The molecule has 148 valence electrons. The summed E-state index contributed by atoms with van der Waals surface area (Å²) < 4.78 is 1.92. The number of nitrogens with one attached hydrogen (secondary N) is 1. The van der Waals surface area contributed by atoms with Crippen LogP contribution in [0.15, 0.2) is 30.5 Å². The molecule has 6 nitrogen and oxygen atoms in total. The van der Waals surface area contributed by atoms with Crippen molar-refractivity contribution in [2.45, 2.75) is 66.0 Å². The lowest BCUT2D eigenvalue weighted by atomic mass is 10.0. The largest absolute Gasteiger partial charge is 0.344 e. The average molecular weight is 380 g/mol. The molecule has 6 heteroatoms. The van der Waals surface area contributed by atoms with Gasteiger partial charge in [0.05, 0.1) is 33.9 Å². The molecular weight excluding hydrogens is 350 g/mol. The second-order valence-electron chi connectivity index (χ2n) is 8.57. The molecule has 0 radical (unpaired) electrons. The predicted octanol–water partition coefficient (Wildman–Crippen LogP) is 4.50. The molecule has 1 N–H and O–H groups in total. The summed E-state index contributed by atoms with van der Waals surface area (Å²) in [6.07, 6.45) is 1.73. The van der Waals surface area contributed by atoms with Crippen LogP contribution in [0.25, 0.3) is 11.0 Å². The smallest absolute Gasteiger partial charge is 0.252 e. The first-order valence-corrected chi connectivity index (χ1v) is 9.72. The molecule has 0 unspecified atom stereocenters. The SMILES string of the molecule is Cc1nn(C(C)(C)C)c2nc(C(C)C)cc(C(=O)N[C@@H](C)c3ccccn3)c12. The van der Waals surface area contributed by atoms with Gasteiger partial charge in [0.2, 0.25) is 0 Å². The third-order valence-corrected chi connectivity index (χ3v) is 4.78. The van der Waals surface area contributed by atoms with Gasteiger partial charge in [-0.05, 0) is 58.7 Å². The summed E-state index contributed by atoms with van der Waals surface area (Å²) >= 11 is 0. The maximum absolute atomic E-state index is 13.2. The highest BCUT2D eigenvalue weighted by molar-refractivity contribution is 6.06. The van der Waals surface area contributed by atoms with Crippen LogP contribution in [0.3, 0.4) is 0 Å². The van der Waals surface area contributed by atoms with Crippen molar-refractivity contribution in [2.75, 3.05) is 0 Å². The van der Waals surface area contributed by atoms with Crippen LogP contribution in [-0.4, -0.2) is 25.7 Å². The highest BCUT2D eigenvalue weighted by atomic mass is 16.1. The van der Waals surface area contributed by atoms with E-state index < -0.39 is 0 Å². The van der Waals surface area contributed by atoms with Gasteiger partial charge in [-0.15, -0.1) is 0 Å². The van der Waals surface area contributed by atoms with Crippen LogP contribution >= 0.6 is 0 Å². The molecule has 3 aromatic rings. The Morgan fingerprint density at radius 2 is 1.86 bits per heavy atom. The fourth-order valence-electron chi connectivity index (χ4n) is 3.23. The molecule has 0 saturated carbocycles. The Balaban J connectivity index is 2.11. The third-order valence-electron chi connectivity index (χ3n) is 4.78. The zero-order valence-electron chi connectivity index (χ0n) is 17.7. The van der Waals surface area contributed by atoms with E-state index in [0.717, 1.165) is 28.1 Å². The highest BCUT2D eigenvalue weighted by Crippen LogP contribution is 2.29. The number of aryl methyl sites for hydroxylation is 1. The van der Waals surface area contributed by atoms with Crippen molar-refractivity contribution in [2.24, 2.45) is 0 Å². The van der Waals surface area contributed by atoms with E-state index in [2.05, 4.69) is 44.9 Å². The van der Waals surface area contributed by atoms with Gasteiger partial charge in [0.25, 0.3) is 5.91 Å². The fourth-order valence-corrected chi connectivity index (χ4v) is 3.23. The van der Waals surface area contributed by atoms with E-state index >= 15 is 0 Å². The summed E-state index contributed by atoms with van der Waals surface area (Å²) in [5, 5.41) is 8.59. The van der Waals surface area contributed by atoms with Gasteiger partial charge in [-0.2, -0.15) is 5.10 Å². The monoisotopic (exact) mass is 379 g/mol. The van der Waals surface area contributed by atoms with Gasteiger partial charge >= 0.3 is 0 Å². The second kappa shape index (κ2) is 7.34. The van der Waals surface area contributed by atoms with Crippen molar-refractivity contribution in [3.63, 3.8) is 0 Å². The van der Waals surface area contributed by atoms with Gasteiger partial charge in [0.15, 0.2) is 5.65 Å². The quantitative estimate of drug-likeness (QED) is 0.724. The maximum Gasteiger partial charge on any atom is 0.252 e. The zero-order chi connectivity index (χ0) is 20.6. The molecule has 3 heterocycles. The van der Waals surface area contributed by atoms with Gasteiger partial charge < -0.3 is 5.32 Å². The summed E-state index contributed by atoms with van der Waals surface area (Å²) in [5.74, 6) is 0.0665. The lowest BCUT2D eigenvalue weighted by Gasteiger charge is -2.21. The number of hydrogen-bond acceptors (Lipinski definition) is 4. The van der Waals surface area contributed by atoms with Crippen LogP contribution in [0, 0.1) is 6.92 Å². The Kier molecular flexibility index (Phi) is 5.24. The zero-order valence-corrected chi connectivity index (χ0v) is 17.7. The average Bonchev–Trinajstić information content (AvgIpc) is 2.98. The summed E-state index contributed by atoms with van der Waals surface area (Å²) in [5.41, 5.74) is 3.66. The van der Waals surface area contributed by atoms with E-state index in [9.17, 15) is 4.79 Å². The van der Waals surface area contributed by atoms with Gasteiger partial charge in [0.1, 0.15) is 0 Å². The van der Waals surface area contributed by atoms with Crippen LogP contribution in [-0.2, 0) is 5.54 Å². The highest BCUT2D eigenvalue weighted by Gasteiger charge is 2.25. The number of carbonyl (C=O) groups excluding carboxylic acids is 1. The van der Waals surface area contributed by atoms with E-state index in [-0.39, 0.29) is 23.4 Å². The van der Waals surface area contributed by atoms with Crippen LogP contribution in [0.5, 0.6) is 0 Å². The first-order valence-electron chi connectivity index (χ1n) is 9.72. The first kappa shape index (κ1) is 20.0. The van der Waals surface area contributed by atoms with Crippen LogP contribution in [0.1, 0.15) is 80.9 Å². The molecule has 0 aliphatic rings. The van der Waals surface area contributed by atoms with Crippen molar-refractivity contribution in [1.82, 2.24) is 25.1 Å². The lowest BCUT2D eigenvalue weighted by molar-refractivity contribution is 0.0940. The van der Waals surface area contributed by atoms with E-state index in [1.807, 2.05) is 42.8 Å². The van der Waals surface area contributed by atoms with Gasteiger partial charge in [-0.1, -0.05) is 19.9 Å². The number of carbonyl (C=O) groups is 1. The molecular formula is C22H29N5O. The van der Waals surface area contributed by atoms with Crippen molar-refractivity contribution in [3.05, 3.63) is 53.1 Å². The fraction of sp³-hybridized carbons (Fsp3) is 0.455. The van der Waals surface area contributed by atoms with Gasteiger partial charge in [-0.25, -0.2) is 9.67 Å². The molecule has 3 aromatic heterocycles. The van der Waals surface area contributed by atoms with Crippen molar-refractivity contribution >= 4 is 16.9 Å². The summed E-state index contributed by atoms with van der Waals surface area (Å²) in [4.78, 5) is 22.4.